The average molecular weight is 260 g/mol. The molecule has 1 aliphatic carbocycles. The molecule has 0 aliphatic heterocycles. The molecule has 1 aromatic rings. The standard InChI is InChI=1S/C17H28N2/c1-17(2,3)13-5-7-15(8-6-13)19-16-11-9-14(18-4)10-12-16/h5-8,14,16,18-19H,9-12H2,1-4H3. The Hall–Kier alpha value is -1.02. The van der Waals surface area contributed by atoms with Crippen LogP contribution >= 0.6 is 0 Å². The van der Waals surface area contributed by atoms with E-state index in [0.29, 0.717) is 6.04 Å². The minimum Gasteiger partial charge on any atom is -0.382 e. The van der Waals surface area contributed by atoms with Crippen LogP contribution in [0.3, 0.4) is 0 Å². The highest BCUT2D eigenvalue weighted by Gasteiger charge is 2.20. The lowest BCUT2D eigenvalue weighted by Gasteiger charge is -2.29. The highest BCUT2D eigenvalue weighted by molar-refractivity contribution is 5.46. The molecule has 2 nitrogen and oxygen atoms in total. The van der Waals surface area contributed by atoms with Gasteiger partial charge < -0.3 is 10.6 Å². The quantitative estimate of drug-likeness (QED) is 0.860. The summed E-state index contributed by atoms with van der Waals surface area (Å²) >= 11 is 0. The molecule has 2 heteroatoms. The Morgan fingerprint density at radius 3 is 1.89 bits per heavy atom. The Labute approximate surface area is 118 Å². The van der Waals surface area contributed by atoms with Crippen LogP contribution in [0.15, 0.2) is 24.3 Å². The number of hydrogen-bond donors (Lipinski definition) is 2. The molecular weight excluding hydrogens is 232 g/mol. The summed E-state index contributed by atoms with van der Waals surface area (Å²) in [7, 11) is 2.07. The second-order valence-corrected chi connectivity index (χ2v) is 6.81. The van der Waals surface area contributed by atoms with Gasteiger partial charge >= 0.3 is 0 Å². The summed E-state index contributed by atoms with van der Waals surface area (Å²) in [4.78, 5) is 0. The van der Waals surface area contributed by atoms with Crippen LogP contribution in [0.2, 0.25) is 0 Å². The molecule has 0 spiro atoms. The van der Waals surface area contributed by atoms with Crippen molar-refractivity contribution in [3.8, 4) is 0 Å². The van der Waals surface area contributed by atoms with Gasteiger partial charge in [0, 0.05) is 17.8 Å². The van der Waals surface area contributed by atoms with Gasteiger partial charge in [-0.3, -0.25) is 0 Å². The number of hydrogen-bond acceptors (Lipinski definition) is 2. The van der Waals surface area contributed by atoms with E-state index in [-0.39, 0.29) is 5.41 Å². The molecule has 0 heterocycles. The van der Waals surface area contributed by atoms with E-state index in [1.54, 1.807) is 0 Å². The number of anilines is 1. The average Bonchev–Trinajstić information content (AvgIpc) is 2.39. The molecule has 0 unspecified atom stereocenters. The third kappa shape index (κ3) is 3.97. The lowest BCUT2D eigenvalue weighted by atomic mass is 9.87. The maximum Gasteiger partial charge on any atom is 0.0342 e. The van der Waals surface area contributed by atoms with E-state index in [0.717, 1.165) is 6.04 Å². The highest BCUT2D eigenvalue weighted by Crippen LogP contribution is 2.25. The summed E-state index contributed by atoms with van der Waals surface area (Å²) < 4.78 is 0. The van der Waals surface area contributed by atoms with Crippen LogP contribution in [0, 0.1) is 0 Å². The van der Waals surface area contributed by atoms with Crippen molar-refractivity contribution in [1.29, 1.82) is 0 Å². The first-order valence-corrected chi connectivity index (χ1v) is 7.53. The normalized spacial score (nSPS) is 24.2. The summed E-state index contributed by atoms with van der Waals surface area (Å²) in [5.74, 6) is 0. The van der Waals surface area contributed by atoms with Crippen molar-refractivity contribution in [2.24, 2.45) is 0 Å². The van der Waals surface area contributed by atoms with Crippen molar-refractivity contribution in [3.63, 3.8) is 0 Å². The molecule has 0 atom stereocenters. The molecule has 0 aromatic heterocycles. The molecule has 106 valence electrons. The summed E-state index contributed by atoms with van der Waals surface area (Å²) in [5, 5.41) is 7.06. The van der Waals surface area contributed by atoms with Crippen LogP contribution in [0.5, 0.6) is 0 Å². The van der Waals surface area contributed by atoms with Gasteiger partial charge in [0.1, 0.15) is 0 Å². The van der Waals surface area contributed by atoms with Gasteiger partial charge in [0.2, 0.25) is 0 Å². The molecule has 1 aromatic carbocycles. The van der Waals surface area contributed by atoms with E-state index in [1.807, 2.05) is 0 Å². The van der Waals surface area contributed by atoms with Crippen LogP contribution in [-0.4, -0.2) is 19.1 Å². The van der Waals surface area contributed by atoms with Gasteiger partial charge in [-0.2, -0.15) is 0 Å². The van der Waals surface area contributed by atoms with Crippen LogP contribution < -0.4 is 10.6 Å². The summed E-state index contributed by atoms with van der Waals surface area (Å²) in [5.41, 5.74) is 2.90. The fourth-order valence-corrected chi connectivity index (χ4v) is 2.83. The van der Waals surface area contributed by atoms with Gasteiger partial charge in [-0.25, -0.2) is 0 Å². The van der Waals surface area contributed by atoms with Gasteiger partial charge in [-0.1, -0.05) is 32.9 Å². The first kappa shape index (κ1) is 14.4. The van der Waals surface area contributed by atoms with Crippen LogP contribution in [0.25, 0.3) is 0 Å². The lowest BCUT2D eigenvalue weighted by molar-refractivity contribution is 0.371. The molecule has 0 amide bonds. The molecule has 1 aliphatic rings. The molecule has 1 saturated carbocycles. The summed E-state index contributed by atoms with van der Waals surface area (Å²) in [6.07, 6.45) is 5.11. The van der Waals surface area contributed by atoms with Crippen LogP contribution in [0.1, 0.15) is 52.0 Å². The molecule has 2 rings (SSSR count). The minimum absolute atomic E-state index is 0.239. The molecule has 0 radical (unpaired) electrons. The summed E-state index contributed by atoms with van der Waals surface area (Å²) in [6, 6.07) is 10.3. The molecule has 0 bridgehead atoms. The second kappa shape index (κ2) is 5.96. The predicted molar refractivity (Wildman–Crippen MR) is 83.9 cm³/mol. The van der Waals surface area contributed by atoms with Gasteiger partial charge in [0.25, 0.3) is 0 Å². The Kier molecular flexibility index (Phi) is 4.51. The number of benzene rings is 1. The van der Waals surface area contributed by atoms with Crippen molar-refractivity contribution in [1.82, 2.24) is 5.32 Å². The van der Waals surface area contributed by atoms with Crippen LogP contribution in [-0.2, 0) is 5.41 Å². The maximum absolute atomic E-state index is 3.68. The van der Waals surface area contributed by atoms with Crippen molar-refractivity contribution in [3.05, 3.63) is 29.8 Å². The molecule has 1 fully saturated rings. The van der Waals surface area contributed by atoms with Crippen LogP contribution in [0.4, 0.5) is 5.69 Å². The zero-order chi connectivity index (χ0) is 13.9. The Morgan fingerprint density at radius 1 is 0.895 bits per heavy atom. The van der Waals surface area contributed by atoms with Gasteiger partial charge in [0.05, 0.1) is 0 Å². The topological polar surface area (TPSA) is 24.1 Å². The van der Waals surface area contributed by atoms with Crippen molar-refractivity contribution in [2.45, 2.75) is 64.0 Å². The fraction of sp³-hybridized carbons (Fsp3) is 0.647. The second-order valence-electron chi connectivity index (χ2n) is 6.81. The zero-order valence-corrected chi connectivity index (χ0v) is 12.8. The smallest absolute Gasteiger partial charge is 0.0342 e. The predicted octanol–water partition coefficient (Wildman–Crippen LogP) is 3.93. The molecule has 2 N–H and O–H groups in total. The number of rotatable bonds is 3. The Bertz CT molecular complexity index is 381. The van der Waals surface area contributed by atoms with Gasteiger partial charge in [-0.15, -0.1) is 0 Å². The Morgan fingerprint density at radius 2 is 1.42 bits per heavy atom. The minimum atomic E-state index is 0.239. The van der Waals surface area contributed by atoms with E-state index in [9.17, 15) is 0 Å². The van der Waals surface area contributed by atoms with E-state index in [4.69, 9.17) is 0 Å². The van der Waals surface area contributed by atoms with E-state index in [1.165, 1.54) is 36.9 Å². The van der Waals surface area contributed by atoms with Gasteiger partial charge in [0.15, 0.2) is 0 Å². The highest BCUT2D eigenvalue weighted by atomic mass is 14.9. The largest absolute Gasteiger partial charge is 0.382 e. The van der Waals surface area contributed by atoms with E-state index < -0.39 is 0 Å². The lowest BCUT2D eigenvalue weighted by Crippen LogP contribution is -2.34. The van der Waals surface area contributed by atoms with Crippen molar-refractivity contribution < 1.29 is 0 Å². The molecule has 0 saturated heterocycles. The zero-order valence-electron chi connectivity index (χ0n) is 12.8. The number of nitrogens with one attached hydrogen (secondary N) is 2. The maximum atomic E-state index is 3.68. The molecular formula is C17H28N2. The Balaban J connectivity index is 1.90. The first-order valence-electron chi connectivity index (χ1n) is 7.53. The first-order chi connectivity index (χ1) is 8.99. The van der Waals surface area contributed by atoms with Crippen molar-refractivity contribution >= 4 is 5.69 Å². The van der Waals surface area contributed by atoms with E-state index in [2.05, 4.69) is 62.7 Å². The third-order valence-electron chi connectivity index (χ3n) is 4.26. The summed E-state index contributed by atoms with van der Waals surface area (Å²) in [6.45, 7) is 6.78. The van der Waals surface area contributed by atoms with Crippen molar-refractivity contribution in [2.75, 3.05) is 12.4 Å². The van der Waals surface area contributed by atoms with E-state index >= 15 is 0 Å². The monoisotopic (exact) mass is 260 g/mol. The third-order valence-corrected chi connectivity index (χ3v) is 4.26. The fourth-order valence-electron chi connectivity index (χ4n) is 2.83. The SMILES string of the molecule is CNC1CCC(Nc2ccc(C(C)(C)C)cc2)CC1. The molecule has 19 heavy (non-hydrogen) atoms. The van der Waals surface area contributed by atoms with Gasteiger partial charge in [-0.05, 0) is 55.8 Å².